The summed E-state index contributed by atoms with van der Waals surface area (Å²) in [6.07, 6.45) is 0. The van der Waals surface area contributed by atoms with Crippen LogP contribution in [-0.4, -0.2) is 4.57 Å². The summed E-state index contributed by atoms with van der Waals surface area (Å²) in [4.78, 5) is 0. The molecule has 0 N–H and O–H groups in total. The minimum absolute atomic E-state index is 0.0202. The van der Waals surface area contributed by atoms with Gasteiger partial charge in [-0.05, 0) is 53.4 Å². The van der Waals surface area contributed by atoms with Crippen molar-refractivity contribution in [2.24, 2.45) is 0 Å². The normalized spacial score (nSPS) is 14.3. The van der Waals surface area contributed by atoms with Crippen LogP contribution in [0.15, 0.2) is 84.9 Å². The highest BCUT2D eigenvalue weighted by Gasteiger charge is 2.37. The van der Waals surface area contributed by atoms with Crippen LogP contribution in [0.5, 0.6) is 0 Å². The molecule has 0 fully saturated rings. The van der Waals surface area contributed by atoms with E-state index in [-0.39, 0.29) is 5.41 Å². The number of hydrogen-bond acceptors (Lipinski definition) is 0. The highest BCUT2D eigenvalue weighted by molar-refractivity contribution is 6.14. The van der Waals surface area contributed by atoms with Gasteiger partial charge >= 0.3 is 0 Å². The lowest BCUT2D eigenvalue weighted by molar-refractivity contribution is 0.666. The molecule has 29 heavy (non-hydrogen) atoms. The Balaban J connectivity index is 1.80. The quantitative estimate of drug-likeness (QED) is 0.288. The van der Waals surface area contributed by atoms with Crippen molar-refractivity contribution in [3.63, 3.8) is 0 Å². The molecule has 4 aromatic carbocycles. The van der Waals surface area contributed by atoms with Crippen LogP contribution in [0.2, 0.25) is 0 Å². The topological polar surface area (TPSA) is 4.93 Å². The van der Waals surface area contributed by atoms with Crippen molar-refractivity contribution in [1.29, 1.82) is 0 Å². The lowest BCUT2D eigenvalue weighted by atomic mass is 9.80. The molecule has 5 aromatic rings. The first kappa shape index (κ1) is 16.6. The van der Waals surface area contributed by atoms with Crippen molar-refractivity contribution in [2.75, 3.05) is 0 Å². The number of aryl methyl sites for hydroxylation is 1. The molecule has 1 aromatic heterocycles. The average molecular weight is 373 g/mol. The van der Waals surface area contributed by atoms with Crippen LogP contribution in [0, 0.1) is 6.92 Å². The number of benzene rings is 4. The number of fused-ring (bicyclic) bond motifs is 7. The first-order valence-corrected chi connectivity index (χ1v) is 10.3. The number of nitrogens with zero attached hydrogens (tertiary/aromatic N) is 1. The first-order chi connectivity index (χ1) is 14.1. The Kier molecular flexibility index (Phi) is 3.21. The number of aromatic nitrogens is 1. The summed E-state index contributed by atoms with van der Waals surface area (Å²) in [7, 11) is 0. The van der Waals surface area contributed by atoms with Crippen LogP contribution in [0.3, 0.4) is 0 Å². The van der Waals surface area contributed by atoms with E-state index in [0.717, 1.165) is 0 Å². The molecule has 0 bridgehead atoms. The van der Waals surface area contributed by atoms with Crippen LogP contribution in [0.1, 0.15) is 30.5 Å². The molecule has 0 saturated carbocycles. The Labute approximate surface area is 171 Å². The van der Waals surface area contributed by atoms with E-state index < -0.39 is 0 Å². The highest BCUT2D eigenvalue weighted by atomic mass is 15.0. The van der Waals surface area contributed by atoms with E-state index in [2.05, 4.69) is 110 Å². The van der Waals surface area contributed by atoms with Gasteiger partial charge in [-0.15, -0.1) is 0 Å². The molecule has 1 nitrogen and oxygen atoms in total. The smallest absolute Gasteiger partial charge is 0.0544 e. The second kappa shape index (κ2) is 5.61. The lowest BCUT2D eigenvalue weighted by Crippen LogP contribution is -2.15. The predicted molar refractivity (Wildman–Crippen MR) is 123 cm³/mol. The van der Waals surface area contributed by atoms with Crippen LogP contribution in [0.25, 0.3) is 38.6 Å². The first-order valence-electron chi connectivity index (χ1n) is 10.3. The monoisotopic (exact) mass is 373 g/mol. The fourth-order valence-electron chi connectivity index (χ4n) is 5.30. The molecule has 0 atom stereocenters. The molecule has 0 radical (unpaired) electrons. The third kappa shape index (κ3) is 2.10. The maximum atomic E-state index is 2.42. The van der Waals surface area contributed by atoms with Crippen molar-refractivity contribution >= 4 is 21.8 Å². The van der Waals surface area contributed by atoms with E-state index in [1.54, 1.807) is 0 Å². The summed E-state index contributed by atoms with van der Waals surface area (Å²) in [5.41, 5.74) is 10.7. The van der Waals surface area contributed by atoms with Crippen LogP contribution < -0.4 is 0 Å². The van der Waals surface area contributed by atoms with Crippen LogP contribution in [0.4, 0.5) is 0 Å². The third-order valence-corrected chi connectivity index (χ3v) is 6.65. The van der Waals surface area contributed by atoms with E-state index in [9.17, 15) is 0 Å². The number of para-hydroxylation sites is 1. The Hall–Kier alpha value is -3.32. The Bertz CT molecular complexity index is 1410. The fraction of sp³-hybridized carbons (Fsp3) is 0.143. The molecule has 1 heteroatoms. The molecule has 6 rings (SSSR count). The highest BCUT2D eigenvalue weighted by Crippen LogP contribution is 2.53. The fourth-order valence-corrected chi connectivity index (χ4v) is 5.30. The zero-order chi connectivity index (χ0) is 19.8. The van der Waals surface area contributed by atoms with Crippen LogP contribution >= 0.6 is 0 Å². The third-order valence-electron chi connectivity index (χ3n) is 6.65. The summed E-state index contributed by atoms with van der Waals surface area (Å²) in [6.45, 7) is 6.88. The molecular weight excluding hydrogens is 350 g/mol. The Morgan fingerprint density at radius 1 is 0.655 bits per heavy atom. The van der Waals surface area contributed by atoms with E-state index in [1.807, 2.05) is 0 Å². The van der Waals surface area contributed by atoms with E-state index >= 15 is 0 Å². The summed E-state index contributed by atoms with van der Waals surface area (Å²) in [5.74, 6) is 0. The second-order valence-electron chi connectivity index (χ2n) is 8.74. The van der Waals surface area contributed by atoms with Gasteiger partial charge in [0.05, 0.1) is 11.0 Å². The predicted octanol–water partition coefficient (Wildman–Crippen LogP) is 7.40. The zero-order valence-corrected chi connectivity index (χ0v) is 17.0. The van der Waals surface area contributed by atoms with E-state index in [0.29, 0.717) is 0 Å². The van der Waals surface area contributed by atoms with E-state index in [4.69, 9.17) is 0 Å². The molecule has 1 heterocycles. The van der Waals surface area contributed by atoms with Gasteiger partial charge < -0.3 is 4.57 Å². The van der Waals surface area contributed by atoms with Gasteiger partial charge in [0.2, 0.25) is 0 Å². The lowest BCUT2D eigenvalue weighted by Gasteiger charge is -2.22. The average Bonchev–Trinajstić information content (AvgIpc) is 3.19. The number of rotatable bonds is 1. The molecule has 0 spiro atoms. The van der Waals surface area contributed by atoms with Gasteiger partial charge in [0, 0.05) is 21.9 Å². The Morgan fingerprint density at radius 2 is 1.38 bits per heavy atom. The molecule has 1 aliphatic rings. The molecule has 0 aliphatic heterocycles. The van der Waals surface area contributed by atoms with Gasteiger partial charge in [-0.1, -0.05) is 80.1 Å². The minimum Gasteiger partial charge on any atom is -0.309 e. The summed E-state index contributed by atoms with van der Waals surface area (Å²) < 4.78 is 2.42. The van der Waals surface area contributed by atoms with Crippen molar-refractivity contribution in [3.05, 3.63) is 102 Å². The molecule has 1 aliphatic carbocycles. The van der Waals surface area contributed by atoms with Crippen molar-refractivity contribution < 1.29 is 0 Å². The summed E-state index contributed by atoms with van der Waals surface area (Å²) in [5, 5.41) is 2.72. The SMILES string of the molecule is Cc1ccc(-n2c3ccccc3c3c4c(ccc32)-c2ccccc2C4(C)C)cc1. The van der Waals surface area contributed by atoms with Crippen molar-refractivity contribution in [3.8, 4) is 16.8 Å². The largest absolute Gasteiger partial charge is 0.309 e. The zero-order valence-electron chi connectivity index (χ0n) is 17.0. The second-order valence-corrected chi connectivity index (χ2v) is 8.74. The maximum absolute atomic E-state index is 2.42. The van der Waals surface area contributed by atoms with Crippen molar-refractivity contribution in [1.82, 2.24) is 4.57 Å². The molecule has 0 amide bonds. The standard InChI is InChI=1S/C28H23N/c1-18-12-14-19(15-13-18)29-24-11-7-5-9-22(24)26-25(29)17-16-21-20-8-4-6-10-23(20)28(2,3)27(21)26/h4-17H,1-3H3. The molecule has 140 valence electrons. The van der Waals surface area contributed by atoms with Crippen LogP contribution in [-0.2, 0) is 5.41 Å². The number of hydrogen-bond donors (Lipinski definition) is 0. The summed E-state index contributed by atoms with van der Waals surface area (Å²) in [6, 6.07) is 31.2. The Morgan fingerprint density at radius 3 is 2.21 bits per heavy atom. The van der Waals surface area contributed by atoms with Gasteiger partial charge in [0.15, 0.2) is 0 Å². The summed E-state index contributed by atoms with van der Waals surface area (Å²) >= 11 is 0. The van der Waals surface area contributed by atoms with Gasteiger partial charge in [-0.3, -0.25) is 0 Å². The van der Waals surface area contributed by atoms with Crippen molar-refractivity contribution in [2.45, 2.75) is 26.2 Å². The minimum atomic E-state index is -0.0202. The van der Waals surface area contributed by atoms with Gasteiger partial charge in [0.25, 0.3) is 0 Å². The van der Waals surface area contributed by atoms with E-state index in [1.165, 1.54) is 55.3 Å². The van der Waals surface area contributed by atoms with Gasteiger partial charge in [-0.25, -0.2) is 0 Å². The molecule has 0 unspecified atom stereocenters. The molecular formula is C28H23N. The maximum Gasteiger partial charge on any atom is 0.0544 e. The van der Waals surface area contributed by atoms with Gasteiger partial charge in [-0.2, -0.15) is 0 Å². The molecule has 0 saturated heterocycles. The van der Waals surface area contributed by atoms with Gasteiger partial charge in [0.1, 0.15) is 0 Å².